The third kappa shape index (κ3) is 2.08. The lowest BCUT2D eigenvalue weighted by molar-refractivity contribution is 0.261. The molecule has 92 valence electrons. The maximum Gasteiger partial charge on any atom is 0.0376 e. The van der Waals surface area contributed by atoms with Gasteiger partial charge in [0.2, 0.25) is 0 Å². The normalized spacial score (nSPS) is 32.0. The summed E-state index contributed by atoms with van der Waals surface area (Å²) in [5.74, 6) is 2.65. The van der Waals surface area contributed by atoms with E-state index in [1.165, 1.54) is 36.9 Å². The van der Waals surface area contributed by atoms with Crippen LogP contribution in [0.5, 0.6) is 0 Å². The van der Waals surface area contributed by atoms with Crippen molar-refractivity contribution in [3.8, 4) is 0 Å². The number of nitrogens with one attached hydrogen (secondary N) is 1. The maximum absolute atomic E-state index is 3.59. The number of hydrogen-bond acceptors (Lipinski definition) is 1. The molecule has 1 heterocycles. The zero-order valence-electron chi connectivity index (χ0n) is 11.0. The summed E-state index contributed by atoms with van der Waals surface area (Å²) in [4.78, 5) is 0. The van der Waals surface area contributed by atoms with Gasteiger partial charge in [-0.15, -0.1) is 0 Å². The molecule has 1 nitrogen and oxygen atoms in total. The Balaban J connectivity index is 1.81. The molecular formula is C16H23N. The predicted octanol–water partition coefficient (Wildman–Crippen LogP) is 4.33. The summed E-state index contributed by atoms with van der Waals surface area (Å²) in [5.41, 5.74) is 4.38. The van der Waals surface area contributed by atoms with Gasteiger partial charge in [0.1, 0.15) is 0 Å². The van der Waals surface area contributed by atoms with Crippen LogP contribution in [0.4, 0.5) is 5.69 Å². The van der Waals surface area contributed by atoms with Crippen LogP contribution in [0.3, 0.4) is 0 Å². The lowest BCUT2D eigenvalue weighted by Crippen LogP contribution is -2.20. The SMILES string of the molecule is Cc1ccc2c(c1)C(C1CCC(C)CC1)CN2. The zero-order chi connectivity index (χ0) is 11.8. The van der Waals surface area contributed by atoms with Crippen molar-refractivity contribution in [3.63, 3.8) is 0 Å². The molecule has 1 aliphatic carbocycles. The molecule has 2 aliphatic rings. The van der Waals surface area contributed by atoms with Crippen LogP contribution < -0.4 is 5.32 Å². The number of rotatable bonds is 1. The molecule has 1 N–H and O–H groups in total. The molecule has 3 rings (SSSR count). The fraction of sp³-hybridized carbons (Fsp3) is 0.625. The summed E-state index contributed by atoms with van der Waals surface area (Å²) in [6.45, 7) is 5.78. The maximum atomic E-state index is 3.59. The van der Waals surface area contributed by atoms with E-state index in [2.05, 4.69) is 37.4 Å². The minimum atomic E-state index is 0.775. The molecule has 17 heavy (non-hydrogen) atoms. The fourth-order valence-electron chi connectivity index (χ4n) is 3.59. The Labute approximate surface area is 105 Å². The quantitative estimate of drug-likeness (QED) is 0.755. The lowest BCUT2D eigenvalue weighted by Gasteiger charge is -2.30. The van der Waals surface area contributed by atoms with Gasteiger partial charge in [0.05, 0.1) is 0 Å². The number of hydrogen-bond donors (Lipinski definition) is 1. The molecule has 1 aromatic rings. The zero-order valence-corrected chi connectivity index (χ0v) is 11.0. The molecule has 0 spiro atoms. The van der Waals surface area contributed by atoms with E-state index in [-0.39, 0.29) is 0 Å². The van der Waals surface area contributed by atoms with E-state index >= 15 is 0 Å². The van der Waals surface area contributed by atoms with E-state index in [1.54, 1.807) is 5.56 Å². The molecule has 0 saturated heterocycles. The molecular weight excluding hydrogens is 206 g/mol. The average Bonchev–Trinajstić information content (AvgIpc) is 2.73. The summed E-state index contributed by atoms with van der Waals surface area (Å²) >= 11 is 0. The first-order chi connectivity index (χ1) is 8.24. The van der Waals surface area contributed by atoms with Crippen molar-refractivity contribution >= 4 is 5.69 Å². The van der Waals surface area contributed by atoms with Crippen molar-refractivity contribution in [2.75, 3.05) is 11.9 Å². The van der Waals surface area contributed by atoms with Gasteiger partial charge in [0.15, 0.2) is 0 Å². The Hall–Kier alpha value is -0.980. The average molecular weight is 229 g/mol. The van der Waals surface area contributed by atoms with E-state index in [9.17, 15) is 0 Å². The number of anilines is 1. The first-order valence-electron chi connectivity index (χ1n) is 7.08. The van der Waals surface area contributed by atoms with Gasteiger partial charge in [-0.1, -0.05) is 37.5 Å². The molecule has 1 aromatic carbocycles. The van der Waals surface area contributed by atoms with Gasteiger partial charge >= 0.3 is 0 Å². The summed E-state index contributed by atoms with van der Waals surface area (Å²) in [7, 11) is 0. The minimum Gasteiger partial charge on any atom is -0.384 e. The van der Waals surface area contributed by atoms with E-state index in [4.69, 9.17) is 0 Å². The Morgan fingerprint density at radius 3 is 2.65 bits per heavy atom. The van der Waals surface area contributed by atoms with Gasteiger partial charge in [-0.05, 0) is 43.2 Å². The molecule has 0 radical (unpaired) electrons. The Bertz CT molecular complexity index is 402. The van der Waals surface area contributed by atoms with E-state index in [0.29, 0.717) is 0 Å². The second-order valence-electron chi connectivity index (χ2n) is 6.10. The molecule has 1 unspecified atom stereocenters. The highest BCUT2D eigenvalue weighted by atomic mass is 14.9. The Morgan fingerprint density at radius 1 is 1.12 bits per heavy atom. The monoisotopic (exact) mass is 229 g/mol. The number of aryl methyl sites for hydroxylation is 1. The fourth-order valence-corrected chi connectivity index (χ4v) is 3.59. The van der Waals surface area contributed by atoms with Gasteiger partial charge in [0, 0.05) is 18.2 Å². The number of benzene rings is 1. The predicted molar refractivity (Wildman–Crippen MR) is 73.5 cm³/mol. The second-order valence-corrected chi connectivity index (χ2v) is 6.10. The van der Waals surface area contributed by atoms with Crippen LogP contribution in [0.1, 0.15) is 49.7 Å². The summed E-state index contributed by atoms with van der Waals surface area (Å²) in [5, 5.41) is 3.59. The highest BCUT2D eigenvalue weighted by Gasteiger charge is 2.31. The summed E-state index contributed by atoms with van der Waals surface area (Å²) in [6.07, 6.45) is 5.73. The first kappa shape index (κ1) is 11.1. The second kappa shape index (κ2) is 4.36. The molecule has 0 aromatic heterocycles. The van der Waals surface area contributed by atoms with E-state index in [0.717, 1.165) is 24.3 Å². The van der Waals surface area contributed by atoms with E-state index in [1.807, 2.05) is 0 Å². The molecule has 0 bridgehead atoms. The lowest BCUT2D eigenvalue weighted by atomic mass is 9.74. The van der Waals surface area contributed by atoms with Gasteiger partial charge in [0.25, 0.3) is 0 Å². The van der Waals surface area contributed by atoms with Gasteiger partial charge in [-0.2, -0.15) is 0 Å². The standard InChI is InChI=1S/C16H23N/c1-11-3-6-13(7-4-11)15-10-17-16-8-5-12(2)9-14(15)16/h5,8-9,11,13,15,17H,3-4,6-7,10H2,1-2H3. The van der Waals surface area contributed by atoms with Crippen molar-refractivity contribution in [2.24, 2.45) is 11.8 Å². The minimum absolute atomic E-state index is 0.775. The van der Waals surface area contributed by atoms with Crippen LogP contribution in [-0.2, 0) is 0 Å². The molecule has 1 atom stereocenters. The highest BCUT2D eigenvalue weighted by molar-refractivity contribution is 5.59. The molecule has 1 aliphatic heterocycles. The largest absolute Gasteiger partial charge is 0.384 e. The van der Waals surface area contributed by atoms with Gasteiger partial charge < -0.3 is 5.32 Å². The van der Waals surface area contributed by atoms with Crippen molar-refractivity contribution in [2.45, 2.75) is 45.4 Å². The first-order valence-corrected chi connectivity index (χ1v) is 7.08. The van der Waals surface area contributed by atoms with Gasteiger partial charge in [-0.25, -0.2) is 0 Å². The Morgan fingerprint density at radius 2 is 1.88 bits per heavy atom. The topological polar surface area (TPSA) is 12.0 Å². The van der Waals surface area contributed by atoms with Crippen LogP contribution in [0.25, 0.3) is 0 Å². The van der Waals surface area contributed by atoms with Gasteiger partial charge in [-0.3, -0.25) is 0 Å². The molecule has 1 fully saturated rings. The van der Waals surface area contributed by atoms with Crippen LogP contribution in [-0.4, -0.2) is 6.54 Å². The van der Waals surface area contributed by atoms with Crippen LogP contribution in [0.15, 0.2) is 18.2 Å². The summed E-state index contributed by atoms with van der Waals surface area (Å²) < 4.78 is 0. The van der Waals surface area contributed by atoms with Crippen molar-refractivity contribution in [1.82, 2.24) is 0 Å². The van der Waals surface area contributed by atoms with Crippen LogP contribution in [0.2, 0.25) is 0 Å². The smallest absolute Gasteiger partial charge is 0.0376 e. The van der Waals surface area contributed by atoms with Crippen molar-refractivity contribution in [3.05, 3.63) is 29.3 Å². The molecule has 1 heteroatoms. The van der Waals surface area contributed by atoms with Crippen LogP contribution >= 0.6 is 0 Å². The number of fused-ring (bicyclic) bond motifs is 1. The van der Waals surface area contributed by atoms with Crippen LogP contribution in [0, 0.1) is 18.8 Å². The Kier molecular flexibility index (Phi) is 2.85. The third-order valence-electron chi connectivity index (χ3n) is 4.75. The van der Waals surface area contributed by atoms with E-state index < -0.39 is 0 Å². The van der Waals surface area contributed by atoms with Crippen molar-refractivity contribution < 1.29 is 0 Å². The molecule has 0 amide bonds. The highest BCUT2D eigenvalue weighted by Crippen LogP contribution is 2.43. The molecule has 1 saturated carbocycles. The van der Waals surface area contributed by atoms with Crippen molar-refractivity contribution in [1.29, 1.82) is 0 Å². The third-order valence-corrected chi connectivity index (χ3v) is 4.75. The summed E-state index contributed by atoms with van der Waals surface area (Å²) in [6, 6.07) is 6.88.